The van der Waals surface area contributed by atoms with Gasteiger partial charge in [0.15, 0.2) is 0 Å². The first-order valence-corrected chi connectivity index (χ1v) is 6.19. The van der Waals surface area contributed by atoms with E-state index in [9.17, 15) is 0 Å². The van der Waals surface area contributed by atoms with Crippen molar-refractivity contribution in [2.45, 2.75) is 38.3 Å². The molecule has 1 atom stereocenters. The van der Waals surface area contributed by atoms with Crippen molar-refractivity contribution in [1.82, 2.24) is 10.4 Å². The molecule has 0 aliphatic rings. The highest BCUT2D eigenvalue weighted by Gasteiger charge is 2.38. The molecule has 0 saturated carbocycles. The molecule has 102 valence electrons. The second-order valence-corrected chi connectivity index (χ2v) is 4.17. The van der Waals surface area contributed by atoms with Gasteiger partial charge in [-0.05, 0) is 25.0 Å². The molecular weight excluding hydrogens is 230 g/mol. The molecular formula is C13H23N3O2. The molecule has 5 nitrogen and oxygen atoms in total. The highest BCUT2D eigenvalue weighted by atomic mass is 16.5. The number of nitrogens with one attached hydrogen (secondary N) is 1. The van der Waals surface area contributed by atoms with Gasteiger partial charge in [-0.3, -0.25) is 10.8 Å². The number of aromatic nitrogens is 1. The summed E-state index contributed by atoms with van der Waals surface area (Å²) in [5.74, 6) is 6.43. The van der Waals surface area contributed by atoms with Crippen molar-refractivity contribution in [3.63, 3.8) is 0 Å². The van der Waals surface area contributed by atoms with E-state index in [1.807, 2.05) is 12.1 Å². The maximum atomic E-state index is 5.72. The van der Waals surface area contributed by atoms with Gasteiger partial charge in [-0.25, -0.2) is 5.43 Å². The number of ether oxygens (including phenoxy) is 2. The molecule has 1 rings (SSSR count). The fraction of sp³-hybridized carbons (Fsp3) is 0.615. The SMILES string of the molecule is CCC(CC)(OC)C(NN)c1ncccc1OC. The topological polar surface area (TPSA) is 69.4 Å². The Morgan fingerprint density at radius 1 is 1.39 bits per heavy atom. The Morgan fingerprint density at radius 2 is 2.06 bits per heavy atom. The summed E-state index contributed by atoms with van der Waals surface area (Å²) in [6.07, 6.45) is 3.39. The maximum Gasteiger partial charge on any atom is 0.142 e. The van der Waals surface area contributed by atoms with E-state index >= 15 is 0 Å². The Bertz CT molecular complexity index is 359. The normalized spacial score (nSPS) is 13.4. The van der Waals surface area contributed by atoms with Gasteiger partial charge in [0.05, 0.1) is 18.8 Å². The first-order valence-electron chi connectivity index (χ1n) is 6.19. The van der Waals surface area contributed by atoms with Crippen molar-refractivity contribution < 1.29 is 9.47 Å². The van der Waals surface area contributed by atoms with Gasteiger partial charge >= 0.3 is 0 Å². The van der Waals surface area contributed by atoms with E-state index in [-0.39, 0.29) is 6.04 Å². The molecule has 3 N–H and O–H groups in total. The lowest BCUT2D eigenvalue weighted by molar-refractivity contribution is -0.0502. The lowest BCUT2D eigenvalue weighted by Crippen LogP contribution is -2.47. The number of hydrogen-bond acceptors (Lipinski definition) is 5. The van der Waals surface area contributed by atoms with Crippen LogP contribution in [0.5, 0.6) is 5.75 Å². The van der Waals surface area contributed by atoms with Crippen molar-refractivity contribution in [2.24, 2.45) is 5.84 Å². The second-order valence-electron chi connectivity index (χ2n) is 4.17. The zero-order chi connectivity index (χ0) is 13.6. The van der Waals surface area contributed by atoms with Gasteiger partial charge in [0.25, 0.3) is 0 Å². The Balaban J connectivity index is 3.23. The molecule has 0 aliphatic carbocycles. The molecule has 0 fully saturated rings. The molecule has 5 heteroatoms. The molecule has 18 heavy (non-hydrogen) atoms. The Labute approximate surface area is 109 Å². The van der Waals surface area contributed by atoms with Crippen molar-refractivity contribution in [3.8, 4) is 5.75 Å². The number of pyridine rings is 1. The lowest BCUT2D eigenvalue weighted by atomic mass is 9.86. The number of nitrogens with zero attached hydrogens (tertiary/aromatic N) is 1. The summed E-state index contributed by atoms with van der Waals surface area (Å²) in [6.45, 7) is 4.15. The van der Waals surface area contributed by atoms with Crippen molar-refractivity contribution in [1.29, 1.82) is 0 Å². The molecule has 0 radical (unpaired) electrons. The van der Waals surface area contributed by atoms with E-state index in [1.165, 1.54) is 0 Å². The quantitative estimate of drug-likeness (QED) is 0.573. The molecule has 0 amide bonds. The summed E-state index contributed by atoms with van der Waals surface area (Å²) in [7, 11) is 3.33. The van der Waals surface area contributed by atoms with Gasteiger partial charge in [0, 0.05) is 13.3 Å². The number of nitrogens with two attached hydrogens (primary N) is 1. The fourth-order valence-electron chi connectivity index (χ4n) is 2.34. The van der Waals surface area contributed by atoms with Crippen LogP contribution >= 0.6 is 0 Å². The minimum Gasteiger partial charge on any atom is -0.495 e. The monoisotopic (exact) mass is 253 g/mol. The molecule has 0 saturated heterocycles. The van der Waals surface area contributed by atoms with Gasteiger partial charge in [-0.15, -0.1) is 0 Å². The summed E-state index contributed by atoms with van der Waals surface area (Å²) < 4.78 is 11.0. The third-order valence-corrected chi connectivity index (χ3v) is 3.59. The summed E-state index contributed by atoms with van der Waals surface area (Å²) in [5, 5.41) is 0. The average Bonchev–Trinajstić information content (AvgIpc) is 2.45. The summed E-state index contributed by atoms with van der Waals surface area (Å²) >= 11 is 0. The molecule has 0 aliphatic heterocycles. The number of rotatable bonds is 7. The maximum absolute atomic E-state index is 5.72. The van der Waals surface area contributed by atoms with Crippen LogP contribution in [0, 0.1) is 0 Å². The van der Waals surface area contributed by atoms with E-state index in [1.54, 1.807) is 20.4 Å². The van der Waals surface area contributed by atoms with Gasteiger partial charge in [-0.1, -0.05) is 13.8 Å². The zero-order valence-electron chi connectivity index (χ0n) is 11.6. The van der Waals surface area contributed by atoms with Crippen LogP contribution in [-0.2, 0) is 4.74 Å². The second kappa shape index (κ2) is 6.68. The molecule has 1 unspecified atom stereocenters. The molecule has 1 aromatic rings. The van der Waals surface area contributed by atoms with Crippen LogP contribution in [0.15, 0.2) is 18.3 Å². The molecule has 0 bridgehead atoms. The van der Waals surface area contributed by atoms with Crippen LogP contribution in [0.2, 0.25) is 0 Å². The van der Waals surface area contributed by atoms with Crippen LogP contribution in [0.3, 0.4) is 0 Å². The van der Waals surface area contributed by atoms with E-state index in [0.29, 0.717) is 5.75 Å². The van der Waals surface area contributed by atoms with Gasteiger partial charge in [-0.2, -0.15) is 0 Å². The summed E-state index contributed by atoms with van der Waals surface area (Å²) in [4.78, 5) is 4.38. The van der Waals surface area contributed by atoms with Crippen LogP contribution in [0.25, 0.3) is 0 Å². The van der Waals surface area contributed by atoms with Crippen LogP contribution in [0.1, 0.15) is 38.4 Å². The van der Waals surface area contributed by atoms with Gasteiger partial charge < -0.3 is 9.47 Å². The fourth-order valence-corrected chi connectivity index (χ4v) is 2.34. The first kappa shape index (κ1) is 14.9. The summed E-state index contributed by atoms with van der Waals surface area (Å²) in [5.41, 5.74) is 3.20. The molecule has 1 heterocycles. The van der Waals surface area contributed by atoms with E-state index in [4.69, 9.17) is 15.3 Å². The van der Waals surface area contributed by atoms with Crippen LogP contribution in [-0.4, -0.2) is 24.8 Å². The molecule has 0 aromatic carbocycles. The minimum absolute atomic E-state index is 0.214. The van der Waals surface area contributed by atoms with E-state index in [0.717, 1.165) is 18.5 Å². The van der Waals surface area contributed by atoms with Crippen molar-refractivity contribution in [2.75, 3.05) is 14.2 Å². The third kappa shape index (κ3) is 2.63. The Morgan fingerprint density at radius 3 is 2.50 bits per heavy atom. The van der Waals surface area contributed by atoms with Crippen molar-refractivity contribution in [3.05, 3.63) is 24.0 Å². The highest BCUT2D eigenvalue weighted by Crippen LogP contribution is 2.36. The number of hydrazine groups is 1. The molecule has 0 spiro atoms. The van der Waals surface area contributed by atoms with Crippen molar-refractivity contribution >= 4 is 0 Å². The predicted molar refractivity (Wildman–Crippen MR) is 71.2 cm³/mol. The zero-order valence-corrected chi connectivity index (χ0v) is 11.6. The van der Waals surface area contributed by atoms with Gasteiger partial charge in [0.1, 0.15) is 11.4 Å². The summed E-state index contributed by atoms with van der Waals surface area (Å²) in [6, 6.07) is 3.49. The van der Waals surface area contributed by atoms with Crippen LogP contribution < -0.4 is 16.0 Å². The predicted octanol–water partition coefficient (Wildman–Crippen LogP) is 1.80. The molecule has 1 aromatic heterocycles. The Hall–Kier alpha value is -1.17. The van der Waals surface area contributed by atoms with Crippen LogP contribution in [0.4, 0.5) is 0 Å². The van der Waals surface area contributed by atoms with E-state index < -0.39 is 5.60 Å². The number of hydrogen-bond donors (Lipinski definition) is 2. The largest absolute Gasteiger partial charge is 0.495 e. The van der Waals surface area contributed by atoms with Gasteiger partial charge in [0.2, 0.25) is 0 Å². The third-order valence-electron chi connectivity index (χ3n) is 3.59. The minimum atomic E-state index is -0.392. The lowest BCUT2D eigenvalue weighted by Gasteiger charge is -2.38. The average molecular weight is 253 g/mol. The standard InChI is InChI=1S/C13H23N3O2/c1-5-13(6-2,18-4)12(16-14)11-10(17-3)8-7-9-15-11/h7-9,12,16H,5-6,14H2,1-4H3. The first-order chi connectivity index (χ1) is 8.68. The Kier molecular flexibility index (Phi) is 5.53. The van der Waals surface area contributed by atoms with E-state index in [2.05, 4.69) is 24.3 Å². The number of methoxy groups -OCH3 is 2. The highest BCUT2D eigenvalue weighted by molar-refractivity contribution is 5.31. The smallest absolute Gasteiger partial charge is 0.142 e.